The second-order valence-corrected chi connectivity index (χ2v) is 3.96. The first kappa shape index (κ1) is 9.21. The first-order valence-corrected chi connectivity index (χ1v) is 5.24. The summed E-state index contributed by atoms with van der Waals surface area (Å²) in [7, 11) is 1.67. The van der Waals surface area contributed by atoms with Gasteiger partial charge < -0.3 is 4.74 Å². The van der Waals surface area contributed by atoms with E-state index < -0.39 is 0 Å². The maximum atomic E-state index is 5.20. The zero-order valence-corrected chi connectivity index (χ0v) is 8.97. The van der Waals surface area contributed by atoms with Crippen molar-refractivity contribution in [1.82, 2.24) is 4.98 Å². The minimum atomic E-state index is 0.862. The summed E-state index contributed by atoms with van der Waals surface area (Å²) in [5, 5.41) is 2.05. The van der Waals surface area contributed by atoms with E-state index in [9.17, 15) is 0 Å². The molecule has 14 heavy (non-hydrogen) atoms. The number of nitrogens with zero attached hydrogens (tertiary/aromatic N) is 1. The third-order valence-electron chi connectivity index (χ3n) is 1.94. The van der Waals surface area contributed by atoms with Gasteiger partial charge in [0.1, 0.15) is 5.75 Å². The highest BCUT2D eigenvalue weighted by Crippen LogP contribution is 2.26. The lowest BCUT2D eigenvalue weighted by atomic mass is 10.2. The fourth-order valence-electron chi connectivity index (χ4n) is 1.31. The monoisotopic (exact) mass is 205 g/mol. The van der Waals surface area contributed by atoms with Crippen molar-refractivity contribution in [2.75, 3.05) is 7.11 Å². The number of aromatic nitrogens is 1. The predicted molar refractivity (Wildman–Crippen MR) is 58.8 cm³/mol. The normalized spacial score (nSPS) is 10.1. The molecular weight excluding hydrogens is 194 g/mol. The van der Waals surface area contributed by atoms with E-state index in [1.54, 1.807) is 18.4 Å². The van der Waals surface area contributed by atoms with E-state index in [-0.39, 0.29) is 0 Å². The first-order chi connectivity index (χ1) is 6.79. The van der Waals surface area contributed by atoms with Crippen LogP contribution in [0.25, 0.3) is 10.6 Å². The summed E-state index contributed by atoms with van der Waals surface area (Å²) in [6.45, 7) is 1.97. The van der Waals surface area contributed by atoms with Crippen LogP contribution < -0.4 is 4.74 Å². The lowest BCUT2D eigenvalue weighted by Gasteiger charge is -2.03. The van der Waals surface area contributed by atoms with Gasteiger partial charge in [0.25, 0.3) is 0 Å². The molecule has 0 amide bonds. The lowest BCUT2D eigenvalue weighted by molar-refractivity contribution is 0.414. The Labute approximate surface area is 87.2 Å². The summed E-state index contributed by atoms with van der Waals surface area (Å²) in [5.41, 5.74) is 1.96. The van der Waals surface area contributed by atoms with Gasteiger partial charge in [-0.05, 0) is 18.4 Å². The number of ether oxygens (including phenoxy) is 1. The van der Waals surface area contributed by atoms with Gasteiger partial charge in [-0.25, -0.2) is 0 Å². The molecule has 0 aliphatic rings. The molecule has 0 aromatic carbocycles. The van der Waals surface area contributed by atoms with Gasteiger partial charge >= 0.3 is 0 Å². The molecule has 0 N–H and O–H groups in total. The average molecular weight is 205 g/mol. The number of hydrogen-bond donors (Lipinski definition) is 0. The summed E-state index contributed by atoms with van der Waals surface area (Å²) >= 11 is 1.69. The van der Waals surface area contributed by atoms with Gasteiger partial charge in [0.2, 0.25) is 0 Å². The zero-order chi connectivity index (χ0) is 9.97. The topological polar surface area (TPSA) is 22.1 Å². The van der Waals surface area contributed by atoms with Crippen molar-refractivity contribution in [2.24, 2.45) is 0 Å². The van der Waals surface area contributed by atoms with Crippen LogP contribution in [-0.2, 0) is 0 Å². The highest BCUT2D eigenvalue weighted by Gasteiger charge is 2.03. The van der Waals surface area contributed by atoms with Gasteiger partial charge in [-0.15, -0.1) is 11.3 Å². The summed E-state index contributed by atoms with van der Waals surface area (Å²) in [6.07, 6.45) is 0. The van der Waals surface area contributed by atoms with Crippen molar-refractivity contribution in [3.63, 3.8) is 0 Å². The van der Waals surface area contributed by atoms with Crippen LogP contribution in [-0.4, -0.2) is 12.1 Å². The fraction of sp³-hybridized carbons (Fsp3) is 0.182. The molecule has 2 aromatic rings. The number of aryl methyl sites for hydroxylation is 1. The van der Waals surface area contributed by atoms with E-state index in [0.29, 0.717) is 0 Å². The van der Waals surface area contributed by atoms with E-state index in [2.05, 4.69) is 11.1 Å². The lowest BCUT2D eigenvalue weighted by Crippen LogP contribution is -1.89. The quantitative estimate of drug-likeness (QED) is 0.751. The van der Waals surface area contributed by atoms with Crippen molar-refractivity contribution in [3.05, 3.63) is 35.3 Å². The van der Waals surface area contributed by atoms with Gasteiger partial charge in [-0.3, -0.25) is 4.98 Å². The standard InChI is InChI=1S/C11H11NOS/c1-8-6-9(13-2)7-10(12-8)11-4-3-5-14-11/h3-7H,1-2H3. The molecule has 2 heterocycles. The molecule has 0 radical (unpaired) electrons. The molecule has 2 aromatic heterocycles. The van der Waals surface area contributed by atoms with Crippen LogP contribution in [0.5, 0.6) is 5.75 Å². The highest BCUT2D eigenvalue weighted by molar-refractivity contribution is 7.13. The molecule has 0 saturated heterocycles. The van der Waals surface area contributed by atoms with Gasteiger partial charge in [-0.2, -0.15) is 0 Å². The Balaban J connectivity index is 2.48. The molecule has 0 atom stereocenters. The van der Waals surface area contributed by atoms with Crippen molar-refractivity contribution in [1.29, 1.82) is 0 Å². The van der Waals surface area contributed by atoms with Crippen LogP contribution in [0.15, 0.2) is 29.6 Å². The Kier molecular flexibility index (Phi) is 2.50. The predicted octanol–water partition coefficient (Wildman–Crippen LogP) is 3.13. The van der Waals surface area contributed by atoms with Crippen LogP contribution in [0, 0.1) is 6.92 Å². The van der Waals surface area contributed by atoms with Crippen LogP contribution in [0.4, 0.5) is 0 Å². The number of methoxy groups -OCH3 is 1. The minimum absolute atomic E-state index is 0.862. The molecular formula is C11H11NOS. The van der Waals surface area contributed by atoms with Gasteiger partial charge in [0, 0.05) is 17.8 Å². The van der Waals surface area contributed by atoms with Crippen molar-refractivity contribution in [2.45, 2.75) is 6.92 Å². The summed E-state index contributed by atoms with van der Waals surface area (Å²) in [4.78, 5) is 5.63. The van der Waals surface area contributed by atoms with Gasteiger partial charge in [0.15, 0.2) is 0 Å². The summed E-state index contributed by atoms with van der Waals surface area (Å²) in [6, 6.07) is 7.97. The fourth-order valence-corrected chi connectivity index (χ4v) is 1.99. The van der Waals surface area contributed by atoms with Crippen LogP contribution in [0.2, 0.25) is 0 Å². The molecule has 72 valence electrons. The van der Waals surface area contributed by atoms with Crippen molar-refractivity contribution in [3.8, 4) is 16.3 Å². The van der Waals surface area contributed by atoms with Crippen molar-refractivity contribution < 1.29 is 4.74 Å². The number of rotatable bonds is 2. The first-order valence-electron chi connectivity index (χ1n) is 4.36. The SMILES string of the molecule is COc1cc(C)nc(-c2cccs2)c1. The average Bonchev–Trinajstić information content (AvgIpc) is 2.69. The van der Waals surface area contributed by atoms with E-state index >= 15 is 0 Å². The van der Waals surface area contributed by atoms with Crippen molar-refractivity contribution >= 4 is 11.3 Å². The maximum absolute atomic E-state index is 5.20. The summed E-state index contributed by atoms with van der Waals surface area (Å²) < 4.78 is 5.20. The van der Waals surface area contributed by atoms with E-state index in [0.717, 1.165) is 17.1 Å². The number of hydrogen-bond acceptors (Lipinski definition) is 3. The Bertz CT molecular complexity index is 423. The third-order valence-corrected chi connectivity index (χ3v) is 2.83. The Morgan fingerprint density at radius 1 is 1.36 bits per heavy atom. The van der Waals surface area contributed by atoms with Gasteiger partial charge in [-0.1, -0.05) is 6.07 Å². The number of pyridine rings is 1. The second kappa shape index (κ2) is 3.80. The molecule has 3 heteroatoms. The van der Waals surface area contributed by atoms with Crippen LogP contribution >= 0.6 is 11.3 Å². The van der Waals surface area contributed by atoms with E-state index in [1.807, 2.05) is 30.5 Å². The highest BCUT2D eigenvalue weighted by atomic mass is 32.1. The molecule has 0 aliphatic heterocycles. The Hall–Kier alpha value is -1.35. The number of thiophene rings is 1. The molecule has 0 bridgehead atoms. The molecule has 2 rings (SSSR count). The van der Waals surface area contributed by atoms with Gasteiger partial charge in [0.05, 0.1) is 17.7 Å². The molecule has 0 aliphatic carbocycles. The van der Waals surface area contributed by atoms with Crippen LogP contribution in [0.1, 0.15) is 5.69 Å². The largest absolute Gasteiger partial charge is 0.497 e. The molecule has 0 saturated carbocycles. The van der Waals surface area contributed by atoms with E-state index in [1.165, 1.54) is 4.88 Å². The Morgan fingerprint density at radius 2 is 2.21 bits per heavy atom. The summed E-state index contributed by atoms with van der Waals surface area (Å²) in [5.74, 6) is 0.862. The molecule has 0 fully saturated rings. The Morgan fingerprint density at radius 3 is 2.86 bits per heavy atom. The molecule has 0 spiro atoms. The maximum Gasteiger partial charge on any atom is 0.122 e. The molecule has 0 unspecified atom stereocenters. The molecule has 2 nitrogen and oxygen atoms in total. The second-order valence-electron chi connectivity index (χ2n) is 3.01. The van der Waals surface area contributed by atoms with Crippen LogP contribution in [0.3, 0.4) is 0 Å². The minimum Gasteiger partial charge on any atom is -0.497 e. The third kappa shape index (κ3) is 1.77. The zero-order valence-electron chi connectivity index (χ0n) is 8.15. The smallest absolute Gasteiger partial charge is 0.122 e. The van der Waals surface area contributed by atoms with E-state index in [4.69, 9.17) is 4.74 Å².